The summed E-state index contributed by atoms with van der Waals surface area (Å²) in [6, 6.07) is 16.7. The zero-order valence-electron chi connectivity index (χ0n) is 17.6. The minimum Gasteiger partial charge on any atom is -0.352 e. The third kappa shape index (κ3) is 6.39. The molecule has 1 heterocycles. The van der Waals surface area contributed by atoms with Crippen molar-refractivity contribution in [3.63, 3.8) is 0 Å². The van der Waals surface area contributed by atoms with Crippen LogP contribution >= 0.6 is 0 Å². The lowest BCUT2D eigenvalue weighted by atomic mass is 10.1. The van der Waals surface area contributed by atoms with Crippen LogP contribution in [0.3, 0.4) is 0 Å². The summed E-state index contributed by atoms with van der Waals surface area (Å²) < 4.78 is 26.3. The number of likely N-dealkylation sites (tertiary alicyclic amines) is 1. The molecule has 7 heteroatoms. The standard InChI is InChI=1S/C23H31N3O3S/c1-25(30(28,29)22-11-3-2-4-12-22)14-8-13-23(27)24-18-20-9-7-10-21(17-20)19-26-15-5-6-16-26/h2-4,7,9-12,17H,5-6,8,13-16,18-19H2,1H3,(H,24,27). The number of carbonyl (C=O) groups excluding carboxylic acids is 1. The van der Waals surface area contributed by atoms with Gasteiger partial charge in [0.2, 0.25) is 15.9 Å². The Balaban J connectivity index is 1.41. The van der Waals surface area contributed by atoms with E-state index in [9.17, 15) is 13.2 Å². The number of sulfonamides is 1. The summed E-state index contributed by atoms with van der Waals surface area (Å²) in [6.07, 6.45) is 3.32. The summed E-state index contributed by atoms with van der Waals surface area (Å²) >= 11 is 0. The SMILES string of the molecule is CN(CCCC(=O)NCc1cccc(CN2CCCC2)c1)S(=O)(=O)c1ccccc1. The monoisotopic (exact) mass is 429 g/mol. The summed E-state index contributed by atoms with van der Waals surface area (Å²) in [4.78, 5) is 14.9. The first-order chi connectivity index (χ1) is 14.4. The molecule has 0 spiro atoms. The molecular weight excluding hydrogens is 398 g/mol. The molecule has 6 nitrogen and oxygen atoms in total. The molecule has 30 heavy (non-hydrogen) atoms. The maximum absolute atomic E-state index is 12.5. The number of carbonyl (C=O) groups is 1. The van der Waals surface area contributed by atoms with Crippen molar-refractivity contribution in [2.75, 3.05) is 26.7 Å². The fourth-order valence-corrected chi connectivity index (χ4v) is 4.91. The molecule has 0 radical (unpaired) electrons. The van der Waals surface area contributed by atoms with Gasteiger partial charge in [-0.1, -0.05) is 42.5 Å². The highest BCUT2D eigenvalue weighted by atomic mass is 32.2. The highest BCUT2D eigenvalue weighted by Crippen LogP contribution is 2.15. The Labute approximate surface area is 179 Å². The zero-order valence-corrected chi connectivity index (χ0v) is 18.4. The van der Waals surface area contributed by atoms with E-state index in [0.29, 0.717) is 25.9 Å². The highest BCUT2D eigenvalue weighted by Gasteiger charge is 2.20. The Kier molecular flexibility index (Phi) is 8.01. The number of hydrogen-bond donors (Lipinski definition) is 1. The molecule has 2 aromatic rings. The third-order valence-electron chi connectivity index (χ3n) is 5.41. The van der Waals surface area contributed by atoms with Gasteiger partial charge in [0, 0.05) is 33.1 Å². The second-order valence-electron chi connectivity index (χ2n) is 7.82. The number of rotatable bonds is 10. The van der Waals surface area contributed by atoms with Crippen molar-refractivity contribution in [2.24, 2.45) is 0 Å². The average Bonchev–Trinajstić information content (AvgIpc) is 3.26. The van der Waals surface area contributed by atoms with E-state index >= 15 is 0 Å². The Hall–Kier alpha value is -2.22. The third-order valence-corrected chi connectivity index (χ3v) is 7.29. The van der Waals surface area contributed by atoms with Gasteiger partial charge < -0.3 is 5.32 Å². The first kappa shape index (κ1) is 22.5. The second kappa shape index (κ2) is 10.7. The molecule has 0 bridgehead atoms. The van der Waals surface area contributed by atoms with Crippen LogP contribution in [0.15, 0.2) is 59.5 Å². The van der Waals surface area contributed by atoms with Crippen molar-refractivity contribution in [1.82, 2.24) is 14.5 Å². The van der Waals surface area contributed by atoms with Crippen LogP contribution in [0, 0.1) is 0 Å². The molecule has 1 N–H and O–H groups in total. The number of amides is 1. The summed E-state index contributed by atoms with van der Waals surface area (Å²) in [5.41, 5.74) is 2.36. The molecule has 1 amide bonds. The molecule has 1 aliphatic rings. The Bertz CT molecular complexity index is 926. The van der Waals surface area contributed by atoms with Gasteiger partial charge in [-0.25, -0.2) is 12.7 Å². The fourth-order valence-electron chi connectivity index (χ4n) is 3.68. The maximum Gasteiger partial charge on any atom is 0.242 e. The topological polar surface area (TPSA) is 69.7 Å². The Morgan fingerprint density at radius 1 is 1.03 bits per heavy atom. The zero-order chi connectivity index (χ0) is 21.4. The van der Waals surface area contributed by atoms with Crippen LogP contribution in [0.25, 0.3) is 0 Å². The fraction of sp³-hybridized carbons (Fsp3) is 0.435. The lowest BCUT2D eigenvalue weighted by Gasteiger charge is -2.17. The number of nitrogens with one attached hydrogen (secondary N) is 1. The molecule has 3 rings (SSSR count). The van der Waals surface area contributed by atoms with Gasteiger partial charge in [0.25, 0.3) is 0 Å². The number of benzene rings is 2. The first-order valence-corrected chi connectivity index (χ1v) is 12.0. The van der Waals surface area contributed by atoms with Gasteiger partial charge in [-0.2, -0.15) is 0 Å². The van der Waals surface area contributed by atoms with Gasteiger partial charge in [0.1, 0.15) is 0 Å². The van der Waals surface area contributed by atoms with E-state index in [1.54, 1.807) is 37.4 Å². The lowest BCUT2D eigenvalue weighted by Crippen LogP contribution is -2.29. The summed E-state index contributed by atoms with van der Waals surface area (Å²) in [7, 11) is -1.96. The van der Waals surface area contributed by atoms with E-state index < -0.39 is 10.0 Å². The minimum atomic E-state index is -3.51. The van der Waals surface area contributed by atoms with Gasteiger partial charge in [0.05, 0.1) is 4.90 Å². The molecule has 0 unspecified atom stereocenters. The second-order valence-corrected chi connectivity index (χ2v) is 9.87. The normalized spacial score (nSPS) is 14.9. The van der Waals surface area contributed by atoms with Crippen LogP contribution in [-0.4, -0.2) is 50.2 Å². The molecule has 2 aromatic carbocycles. The summed E-state index contributed by atoms with van der Waals surface area (Å²) in [5, 5.41) is 2.94. The van der Waals surface area contributed by atoms with E-state index in [4.69, 9.17) is 0 Å². The largest absolute Gasteiger partial charge is 0.352 e. The Morgan fingerprint density at radius 3 is 2.47 bits per heavy atom. The van der Waals surface area contributed by atoms with Crippen molar-refractivity contribution >= 4 is 15.9 Å². The molecule has 0 aromatic heterocycles. The van der Waals surface area contributed by atoms with Crippen LogP contribution in [0.2, 0.25) is 0 Å². The molecule has 0 saturated carbocycles. The van der Waals surface area contributed by atoms with E-state index in [1.807, 2.05) is 12.1 Å². The van der Waals surface area contributed by atoms with Gasteiger partial charge in [-0.15, -0.1) is 0 Å². The number of hydrogen-bond acceptors (Lipinski definition) is 4. The van der Waals surface area contributed by atoms with E-state index in [0.717, 1.165) is 25.2 Å². The predicted octanol–water partition coefficient (Wildman–Crippen LogP) is 3.00. The van der Waals surface area contributed by atoms with Crippen molar-refractivity contribution < 1.29 is 13.2 Å². The van der Waals surface area contributed by atoms with Crippen molar-refractivity contribution in [1.29, 1.82) is 0 Å². The average molecular weight is 430 g/mol. The van der Waals surface area contributed by atoms with Crippen LogP contribution in [0.1, 0.15) is 36.8 Å². The lowest BCUT2D eigenvalue weighted by molar-refractivity contribution is -0.121. The van der Waals surface area contributed by atoms with Gasteiger partial charge in [-0.05, 0) is 55.6 Å². The molecule has 162 valence electrons. The van der Waals surface area contributed by atoms with Crippen LogP contribution in [-0.2, 0) is 27.9 Å². The molecule has 0 atom stereocenters. The predicted molar refractivity (Wildman–Crippen MR) is 118 cm³/mol. The van der Waals surface area contributed by atoms with E-state index in [2.05, 4.69) is 22.3 Å². The van der Waals surface area contributed by atoms with Gasteiger partial charge in [0.15, 0.2) is 0 Å². The quantitative estimate of drug-likeness (QED) is 0.630. The number of nitrogens with zero attached hydrogens (tertiary/aromatic N) is 2. The van der Waals surface area contributed by atoms with Crippen LogP contribution in [0.4, 0.5) is 0 Å². The van der Waals surface area contributed by atoms with E-state index in [1.165, 1.54) is 22.7 Å². The van der Waals surface area contributed by atoms with Crippen molar-refractivity contribution in [3.05, 3.63) is 65.7 Å². The minimum absolute atomic E-state index is 0.0644. The molecular formula is C23H31N3O3S. The maximum atomic E-state index is 12.5. The van der Waals surface area contributed by atoms with Gasteiger partial charge in [-0.3, -0.25) is 9.69 Å². The van der Waals surface area contributed by atoms with Gasteiger partial charge >= 0.3 is 0 Å². The van der Waals surface area contributed by atoms with Crippen LogP contribution < -0.4 is 5.32 Å². The van der Waals surface area contributed by atoms with Crippen molar-refractivity contribution in [3.8, 4) is 0 Å². The molecule has 1 saturated heterocycles. The molecule has 1 fully saturated rings. The smallest absolute Gasteiger partial charge is 0.242 e. The Morgan fingerprint density at radius 2 is 1.73 bits per heavy atom. The van der Waals surface area contributed by atoms with E-state index in [-0.39, 0.29) is 10.8 Å². The molecule has 1 aliphatic heterocycles. The summed E-state index contributed by atoms with van der Waals surface area (Å²) in [6.45, 7) is 4.08. The van der Waals surface area contributed by atoms with Crippen molar-refractivity contribution in [2.45, 2.75) is 43.7 Å². The highest BCUT2D eigenvalue weighted by molar-refractivity contribution is 7.89. The molecule has 0 aliphatic carbocycles. The first-order valence-electron chi connectivity index (χ1n) is 10.5. The summed E-state index contributed by atoms with van der Waals surface area (Å²) in [5.74, 6) is -0.0644. The van der Waals surface area contributed by atoms with Crippen LogP contribution in [0.5, 0.6) is 0 Å².